The minimum Gasteiger partial charge on any atom is -0.463 e. The minimum absolute atomic E-state index is 0.000452. The Bertz CT molecular complexity index is 957. The zero-order chi connectivity index (χ0) is 17.9. The van der Waals surface area contributed by atoms with Crippen molar-refractivity contribution in [3.05, 3.63) is 58.6 Å². The fourth-order valence-corrected chi connectivity index (χ4v) is 3.22. The van der Waals surface area contributed by atoms with Crippen LogP contribution in [0.1, 0.15) is 17.8 Å². The van der Waals surface area contributed by atoms with Gasteiger partial charge in [0.2, 0.25) is 5.91 Å². The number of amides is 1. The number of hydrogen-bond acceptors (Lipinski definition) is 5. The second kappa shape index (κ2) is 6.99. The van der Waals surface area contributed by atoms with Crippen LogP contribution < -0.4 is 10.9 Å². The molecule has 0 bridgehead atoms. The van der Waals surface area contributed by atoms with E-state index in [0.29, 0.717) is 31.0 Å². The van der Waals surface area contributed by atoms with E-state index in [4.69, 9.17) is 4.42 Å². The summed E-state index contributed by atoms with van der Waals surface area (Å²) in [5.74, 6) is 0.530. The molecule has 3 aromatic heterocycles. The van der Waals surface area contributed by atoms with Crippen molar-refractivity contribution in [2.45, 2.75) is 25.8 Å². The van der Waals surface area contributed by atoms with Crippen LogP contribution in [0.5, 0.6) is 0 Å². The summed E-state index contributed by atoms with van der Waals surface area (Å²) < 4.78 is 6.64. The lowest BCUT2D eigenvalue weighted by Gasteiger charge is -2.20. The topological polar surface area (TPSA) is 106 Å². The quantitative estimate of drug-likeness (QED) is 0.716. The first kappa shape index (κ1) is 16.3. The molecule has 3 heterocycles. The van der Waals surface area contributed by atoms with Crippen molar-refractivity contribution in [2.24, 2.45) is 5.92 Å². The molecule has 8 nitrogen and oxygen atoms in total. The van der Waals surface area contributed by atoms with E-state index in [-0.39, 0.29) is 17.4 Å². The summed E-state index contributed by atoms with van der Waals surface area (Å²) in [6.45, 7) is 0.654. The molecule has 0 aliphatic heterocycles. The zero-order valence-corrected chi connectivity index (χ0v) is 14.1. The van der Waals surface area contributed by atoms with Crippen molar-refractivity contribution in [3.8, 4) is 11.5 Å². The van der Waals surface area contributed by atoms with Gasteiger partial charge in [-0.15, -0.1) is 0 Å². The van der Waals surface area contributed by atoms with Gasteiger partial charge in [0, 0.05) is 30.6 Å². The van der Waals surface area contributed by atoms with Crippen molar-refractivity contribution in [1.29, 1.82) is 0 Å². The number of aromatic nitrogens is 4. The second-order valence-electron chi connectivity index (χ2n) is 6.32. The Balaban J connectivity index is 1.35. The molecule has 0 radical (unpaired) electrons. The Morgan fingerprint density at radius 1 is 1.38 bits per heavy atom. The monoisotopic (exact) mass is 353 g/mol. The summed E-state index contributed by atoms with van der Waals surface area (Å²) in [7, 11) is 0. The lowest BCUT2D eigenvalue weighted by Crippen LogP contribution is -2.37. The van der Waals surface area contributed by atoms with Gasteiger partial charge in [-0.05, 0) is 31.0 Å². The Morgan fingerprint density at radius 3 is 3.15 bits per heavy atom. The number of carbonyl (C=O) groups is 1. The number of H-pyrrole nitrogens is 1. The summed E-state index contributed by atoms with van der Waals surface area (Å²) in [4.78, 5) is 31.7. The number of nitrogens with zero attached hydrogens (tertiary/aromatic N) is 3. The number of furan rings is 1. The molecule has 134 valence electrons. The van der Waals surface area contributed by atoms with Crippen molar-refractivity contribution in [3.63, 3.8) is 0 Å². The summed E-state index contributed by atoms with van der Waals surface area (Å²) >= 11 is 0. The molecule has 0 saturated heterocycles. The molecule has 3 aromatic rings. The molecule has 1 amide bonds. The molecule has 4 rings (SSSR count). The Morgan fingerprint density at radius 2 is 2.31 bits per heavy atom. The molecule has 1 aliphatic carbocycles. The number of aryl methyl sites for hydroxylation is 1. The predicted octanol–water partition coefficient (Wildman–Crippen LogP) is 1.15. The maximum atomic E-state index is 12.4. The highest BCUT2D eigenvalue weighted by Crippen LogP contribution is 2.22. The minimum atomic E-state index is -0.214. The van der Waals surface area contributed by atoms with Crippen LogP contribution in [-0.2, 0) is 24.2 Å². The van der Waals surface area contributed by atoms with Crippen LogP contribution in [0.25, 0.3) is 11.5 Å². The zero-order valence-electron chi connectivity index (χ0n) is 14.1. The summed E-state index contributed by atoms with van der Waals surface area (Å²) in [6.07, 6.45) is 5.50. The van der Waals surface area contributed by atoms with Gasteiger partial charge in [-0.2, -0.15) is 5.10 Å². The summed E-state index contributed by atoms with van der Waals surface area (Å²) in [5.41, 5.74) is 2.47. The molecule has 1 unspecified atom stereocenters. The Labute approximate surface area is 149 Å². The Hall–Kier alpha value is -3.16. The van der Waals surface area contributed by atoms with E-state index in [2.05, 4.69) is 20.4 Å². The molecule has 1 aliphatic rings. The average Bonchev–Trinajstić information content (AvgIpc) is 3.34. The van der Waals surface area contributed by atoms with E-state index in [9.17, 15) is 9.59 Å². The highest BCUT2D eigenvalue weighted by atomic mass is 16.3. The summed E-state index contributed by atoms with van der Waals surface area (Å²) in [6, 6.07) is 6.63. The van der Waals surface area contributed by atoms with E-state index in [1.807, 2.05) is 0 Å². The molecule has 0 fully saturated rings. The molecule has 0 aromatic carbocycles. The predicted molar refractivity (Wildman–Crippen MR) is 93.3 cm³/mol. The number of fused-ring (bicyclic) bond motifs is 1. The van der Waals surface area contributed by atoms with Crippen LogP contribution in [0, 0.1) is 5.92 Å². The van der Waals surface area contributed by atoms with Crippen LogP contribution >= 0.6 is 0 Å². The SMILES string of the molecule is O=C(NCCn1nc(-c2ccco2)ccc1=O)C1CCc2nc[nH]c2C1. The molecule has 2 N–H and O–H groups in total. The van der Waals surface area contributed by atoms with Gasteiger partial charge < -0.3 is 14.7 Å². The maximum Gasteiger partial charge on any atom is 0.266 e. The molecular formula is C18H19N5O3. The third-order valence-corrected chi connectivity index (χ3v) is 4.62. The smallest absolute Gasteiger partial charge is 0.266 e. The first-order valence-corrected chi connectivity index (χ1v) is 8.61. The van der Waals surface area contributed by atoms with Gasteiger partial charge >= 0.3 is 0 Å². The molecule has 0 spiro atoms. The first-order valence-electron chi connectivity index (χ1n) is 8.61. The van der Waals surface area contributed by atoms with E-state index in [0.717, 1.165) is 24.2 Å². The van der Waals surface area contributed by atoms with Gasteiger partial charge in [0.25, 0.3) is 5.56 Å². The third kappa shape index (κ3) is 3.30. The van der Waals surface area contributed by atoms with E-state index < -0.39 is 0 Å². The van der Waals surface area contributed by atoms with Crippen LogP contribution in [0.15, 0.2) is 46.1 Å². The van der Waals surface area contributed by atoms with Crippen molar-refractivity contribution in [2.75, 3.05) is 6.54 Å². The fraction of sp³-hybridized carbons (Fsp3) is 0.333. The van der Waals surface area contributed by atoms with Gasteiger partial charge in [0.05, 0.1) is 24.8 Å². The van der Waals surface area contributed by atoms with Crippen LogP contribution in [0.4, 0.5) is 0 Å². The summed E-state index contributed by atoms with van der Waals surface area (Å²) in [5, 5.41) is 7.20. The first-order chi connectivity index (χ1) is 12.7. The van der Waals surface area contributed by atoms with Crippen molar-refractivity contribution >= 4 is 5.91 Å². The fourth-order valence-electron chi connectivity index (χ4n) is 3.22. The highest BCUT2D eigenvalue weighted by Gasteiger charge is 2.25. The molecule has 8 heteroatoms. The van der Waals surface area contributed by atoms with Gasteiger partial charge in [0.1, 0.15) is 5.69 Å². The van der Waals surface area contributed by atoms with Gasteiger partial charge in [-0.3, -0.25) is 9.59 Å². The van der Waals surface area contributed by atoms with Gasteiger partial charge in [-0.1, -0.05) is 0 Å². The number of aromatic amines is 1. The van der Waals surface area contributed by atoms with E-state index in [1.165, 1.54) is 10.7 Å². The lowest BCUT2D eigenvalue weighted by atomic mass is 9.89. The number of hydrogen-bond donors (Lipinski definition) is 2. The molecule has 1 atom stereocenters. The number of imidazole rings is 1. The van der Waals surface area contributed by atoms with Crippen molar-refractivity contribution in [1.82, 2.24) is 25.1 Å². The van der Waals surface area contributed by atoms with E-state index >= 15 is 0 Å². The van der Waals surface area contributed by atoms with Crippen LogP contribution in [0.3, 0.4) is 0 Å². The van der Waals surface area contributed by atoms with Crippen LogP contribution in [0.2, 0.25) is 0 Å². The van der Waals surface area contributed by atoms with Crippen LogP contribution in [-0.4, -0.2) is 32.2 Å². The lowest BCUT2D eigenvalue weighted by molar-refractivity contribution is -0.125. The largest absolute Gasteiger partial charge is 0.463 e. The normalized spacial score (nSPS) is 16.2. The standard InChI is InChI=1S/C18H19N5O3/c24-17-6-5-14(16-2-1-9-26-16)22-23(17)8-7-19-18(25)12-3-4-13-15(10-12)21-11-20-13/h1-2,5-6,9,11-12H,3-4,7-8,10H2,(H,19,25)(H,20,21). The van der Waals surface area contributed by atoms with E-state index in [1.54, 1.807) is 30.8 Å². The molecule has 26 heavy (non-hydrogen) atoms. The third-order valence-electron chi connectivity index (χ3n) is 4.62. The van der Waals surface area contributed by atoms with Crippen molar-refractivity contribution < 1.29 is 9.21 Å². The number of carbonyl (C=O) groups excluding carboxylic acids is 1. The highest BCUT2D eigenvalue weighted by molar-refractivity contribution is 5.79. The number of rotatable bonds is 5. The number of nitrogens with one attached hydrogen (secondary N) is 2. The second-order valence-corrected chi connectivity index (χ2v) is 6.32. The maximum absolute atomic E-state index is 12.4. The van der Waals surface area contributed by atoms with Gasteiger partial charge in [0.15, 0.2) is 5.76 Å². The molecule has 0 saturated carbocycles. The average molecular weight is 353 g/mol. The Kier molecular flexibility index (Phi) is 4.39. The van der Waals surface area contributed by atoms with Gasteiger partial charge in [-0.25, -0.2) is 9.67 Å². The molecular weight excluding hydrogens is 334 g/mol.